The number of piperidine rings is 2. The van der Waals surface area contributed by atoms with E-state index in [2.05, 4.69) is 5.32 Å². The molecule has 180 valence electrons. The number of likely N-dealkylation sites (tertiary alicyclic amines) is 2. The lowest BCUT2D eigenvalue weighted by Gasteiger charge is -2.38. The molecule has 34 heavy (non-hydrogen) atoms. The van der Waals surface area contributed by atoms with Crippen molar-refractivity contribution in [1.82, 2.24) is 15.1 Å². The van der Waals surface area contributed by atoms with Gasteiger partial charge < -0.3 is 15.1 Å². The highest BCUT2D eigenvalue weighted by Gasteiger charge is 2.36. The van der Waals surface area contributed by atoms with Crippen molar-refractivity contribution < 1.29 is 14.4 Å². The number of aryl methyl sites for hydroxylation is 1. The SMILES string of the molecule is Cc1ccccc1C(=O)NC(C(=O)N1CCCCC1)C1CCN(C(=O)Cc2ccccc2)CC1. The van der Waals surface area contributed by atoms with Crippen LogP contribution in [-0.4, -0.2) is 59.7 Å². The molecule has 2 aliphatic heterocycles. The first-order valence-electron chi connectivity index (χ1n) is 12.5. The van der Waals surface area contributed by atoms with Crippen molar-refractivity contribution in [3.05, 3.63) is 71.3 Å². The Morgan fingerprint density at radius 2 is 1.50 bits per heavy atom. The molecular weight excluding hydrogens is 426 g/mol. The van der Waals surface area contributed by atoms with Crippen LogP contribution in [0.15, 0.2) is 54.6 Å². The number of amides is 3. The second-order valence-corrected chi connectivity index (χ2v) is 9.53. The highest BCUT2D eigenvalue weighted by molar-refractivity contribution is 5.98. The predicted molar refractivity (Wildman–Crippen MR) is 132 cm³/mol. The highest BCUT2D eigenvalue weighted by Crippen LogP contribution is 2.25. The number of hydrogen-bond donors (Lipinski definition) is 1. The molecule has 4 rings (SSSR count). The Bertz CT molecular complexity index is 993. The maximum absolute atomic E-state index is 13.5. The van der Waals surface area contributed by atoms with Gasteiger partial charge in [0.2, 0.25) is 11.8 Å². The van der Waals surface area contributed by atoms with E-state index in [0.717, 1.165) is 43.5 Å². The Balaban J connectivity index is 1.43. The van der Waals surface area contributed by atoms with Gasteiger partial charge in [-0.05, 0) is 62.1 Å². The monoisotopic (exact) mass is 461 g/mol. The van der Waals surface area contributed by atoms with Crippen LogP contribution in [0.3, 0.4) is 0 Å². The van der Waals surface area contributed by atoms with E-state index < -0.39 is 6.04 Å². The average molecular weight is 462 g/mol. The van der Waals surface area contributed by atoms with Crippen LogP contribution in [0.4, 0.5) is 0 Å². The minimum atomic E-state index is -0.559. The summed E-state index contributed by atoms with van der Waals surface area (Å²) in [5.74, 6) is -0.0394. The largest absolute Gasteiger partial charge is 0.342 e. The van der Waals surface area contributed by atoms with Crippen LogP contribution >= 0.6 is 0 Å². The van der Waals surface area contributed by atoms with Gasteiger partial charge in [0.15, 0.2) is 0 Å². The Kier molecular flexibility index (Phi) is 7.99. The molecule has 0 aromatic heterocycles. The molecule has 2 aromatic carbocycles. The van der Waals surface area contributed by atoms with Gasteiger partial charge in [-0.3, -0.25) is 14.4 Å². The van der Waals surface area contributed by atoms with E-state index in [1.807, 2.05) is 65.3 Å². The lowest BCUT2D eigenvalue weighted by atomic mass is 9.87. The molecule has 0 spiro atoms. The quantitative estimate of drug-likeness (QED) is 0.715. The molecule has 2 fully saturated rings. The van der Waals surface area contributed by atoms with E-state index >= 15 is 0 Å². The van der Waals surface area contributed by atoms with E-state index in [1.54, 1.807) is 6.07 Å². The van der Waals surface area contributed by atoms with E-state index in [-0.39, 0.29) is 23.6 Å². The molecule has 0 radical (unpaired) electrons. The normalized spacial score (nSPS) is 17.8. The van der Waals surface area contributed by atoms with Crippen LogP contribution in [0.2, 0.25) is 0 Å². The standard InChI is InChI=1S/C28H35N3O3/c1-21-10-6-7-13-24(21)27(33)29-26(28(34)31-16-8-3-9-17-31)23-14-18-30(19-15-23)25(32)20-22-11-4-2-5-12-22/h2,4-7,10-13,23,26H,3,8-9,14-20H2,1H3,(H,29,33). The fourth-order valence-corrected chi connectivity index (χ4v) is 5.10. The molecule has 0 aliphatic carbocycles. The van der Waals surface area contributed by atoms with Gasteiger partial charge in [0.25, 0.3) is 5.91 Å². The molecular formula is C28H35N3O3. The van der Waals surface area contributed by atoms with Gasteiger partial charge in [-0.1, -0.05) is 48.5 Å². The second kappa shape index (κ2) is 11.3. The fraction of sp³-hybridized carbons (Fsp3) is 0.464. The molecule has 6 heteroatoms. The molecule has 0 saturated carbocycles. The number of benzene rings is 2. The number of nitrogens with zero attached hydrogens (tertiary/aromatic N) is 2. The lowest BCUT2D eigenvalue weighted by molar-refractivity contribution is -0.136. The number of carbonyl (C=O) groups is 3. The zero-order valence-electron chi connectivity index (χ0n) is 20.0. The van der Waals surface area contributed by atoms with Crippen LogP contribution in [-0.2, 0) is 16.0 Å². The third-order valence-corrected chi connectivity index (χ3v) is 7.17. The molecule has 1 N–H and O–H groups in total. The van der Waals surface area contributed by atoms with Crippen LogP contribution in [0.1, 0.15) is 53.6 Å². The first-order chi connectivity index (χ1) is 16.5. The molecule has 2 aromatic rings. The molecule has 0 bridgehead atoms. The van der Waals surface area contributed by atoms with Crippen LogP contribution in [0, 0.1) is 12.8 Å². The summed E-state index contributed by atoms with van der Waals surface area (Å²) < 4.78 is 0. The minimum Gasteiger partial charge on any atom is -0.342 e. The Labute approximate surface area is 202 Å². The van der Waals surface area contributed by atoms with Gasteiger partial charge in [0.05, 0.1) is 6.42 Å². The Hall–Kier alpha value is -3.15. The lowest BCUT2D eigenvalue weighted by Crippen LogP contribution is -2.55. The topological polar surface area (TPSA) is 69.7 Å². The maximum Gasteiger partial charge on any atom is 0.252 e. The first-order valence-corrected chi connectivity index (χ1v) is 12.5. The summed E-state index contributed by atoms with van der Waals surface area (Å²) in [5.41, 5.74) is 2.51. The van der Waals surface area contributed by atoms with E-state index in [1.165, 1.54) is 0 Å². The zero-order valence-corrected chi connectivity index (χ0v) is 20.0. The van der Waals surface area contributed by atoms with Gasteiger partial charge in [-0.25, -0.2) is 0 Å². The Morgan fingerprint density at radius 3 is 2.18 bits per heavy atom. The van der Waals surface area contributed by atoms with Gasteiger partial charge in [0, 0.05) is 31.7 Å². The number of carbonyl (C=O) groups excluding carboxylic acids is 3. The summed E-state index contributed by atoms with van der Waals surface area (Å²) in [5, 5.41) is 3.09. The first kappa shape index (κ1) is 24.0. The van der Waals surface area contributed by atoms with Crippen molar-refractivity contribution >= 4 is 17.7 Å². The second-order valence-electron chi connectivity index (χ2n) is 9.53. The molecule has 6 nitrogen and oxygen atoms in total. The number of rotatable bonds is 6. The van der Waals surface area contributed by atoms with Gasteiger partial charge >= 0.3 is 0 Å². The summed E-state index contributed by atoms with van der Waals surface area (Å²) in [6, 6.07) is 16.7. The molecule has 1 unspecified atom stereocenters. The molecule has 3 amide bonds. The van der Waals surface area contributed by atoms with Crippen molar-refractivity contribution in [3.63, 3.8) is 0 Å². The van der Waals surface area contributed by atoms with Crippen molar-refractivity contribution in [2.24, 2.45) is 5.92 Å². The zero-order chi connectivity index (χ0) is 23.9. The van der Waals surface area contributed by atoms with Crippen molar-refractivity contribution in [2.45, 2.75) is 51.5 Å². The molecule has 2 saturated heterocycles. The van der Waals surface area contributed by atoms with Crippen LogP contribution < -0.4 is 5.32 Å². The summed E-state index contributed by atoms with van der Waals surface area (Å²) in [6.45, 7) is 4.64. The summed E-state index contributed by atoms with van der Waals surface area (Å²) in [4.78, 5) is 43.3. The maximum atomic E-state index is 13.5. The molecule has 2 aliphatic rings. The average Bonchev–Trinajstić information content (AvgIpc) is 2.88. The van der Waals surface area contributed by atoms with Crippen molar-refractivity contribution in [2.75, 3.05) is 26.2 Å². The smallest absolute Gasteiger partial charge is 0.252 e. The third kappa shape index (κ3) is 5.85. The fourth-order valence-electron chi connectivity index (χ4n) is 5.10. The highest BCUT2D eigenvalue weighted by atomic mass is 16.2. The molecule has 1 atom stereocenters. The Morgan fingerprint density at radius 1 is 0.853 bits per heavy atom. The van der Waals surface area contributed by atoms with E-state index in [4.69, 9.17) is 0 Å². The summed E-state index contributed by atoms with van der Waals surface area (Å²) in [6.07, 6.45) is 4.97. The van der Waals surface area contributed by atoms with Crippen molar-refractivity contribution in [1.29, 1.82) is 0 Å². The minimum absolute atomic E-state index is 0.0168. The molecule has 2 heterocycles. The van der Waals surface area contributed by atoms with Crippen LogP contribution in [0.25, 0.3) is 0 Å². The third-order valence-electron chi connectivity index (χ3n) is 7.17. The summed E-state index contributed by atoms with van der Waals surface area (Å²) >= 11 is 0. The number of nitrogens with one attached hydrogen (secondary N) is 1. The predicted octanol–water partition coefficient (Wildman–Crippen LogP) is 3.59. The van der Waals surface area contributed by atoms with Gasteiger partial charge in [-0.2, -0.15) is 0 Å². The van der Waals surface area contributed by atoms with Crippen LogP contribution in [0.5, 0.6) is 0 Å². The summed E-state index contributed by atoms with van der Waals surface area (Å²) in [7, 11) is 0. The van der Waals surface area contributed by atoms with E-state index in [0.29, 0.717) is 37.9 Å². The van der Waals surface area contributed by atoms with E-state index in [9.17, 15) is 14.4 Å². The van der Waals surface area contributed by atoms with Gasteiger partial charge in [0.1, 0.15) is 6.04 Å². The van der Waals surface area contributed by atoms with Gasteiger partial charge in [-0.15, -0.1) is 0 Å². The van der Waals surface area contributed by atoms with Crippen molar-refractivity contribution in [3.8, 4) is 0 Å². The number of hydrogen-bond acceptors (Lipinski definition) is 3.